The molecule has 0 aliphatic rings. The molecule has 2 aromatic rings. The predicted octanol–water partition coefficient (Wildman–Crippen LogP) is 5.48. The van der Waals surface area contributed by atoms with Gasteiger partial charge in [-0.25, -0.2) is 13.2 Å². The van der Waals surface area contributed by atoms with Gasteiger partial charge in [0.15, 0.2) is 17.5 Å². The lowest BCUT2D eigenvalue weighted by Gasteiger charge is -2.36. The van der Waals surface area contributed by atoms with Crippen molar-refractivity contribution in [2.45, 2.75) is 39.7 Å². The summed E-state index contributed by atoms with van der Waals surface area (Å²) in [4.78, 5) is 17.6. The highest BCUT2D eigenvalue weighted by Crippen LogP contribution is 2.29. The summed E-state index contributed by atoms with van der Waals surface area (Å²) < 4.78 is 40.3. The summed E-state index contributed by atoms with van der Waals surface area (Å²) in [5.74, 6) is -3.09. The Bertz CT molecular complexity index is 819. The van der Waals surface area contributed by atoms with E-state index < -0.39 is 28.9 Å². The van der Waals surface area contributed by atoms with E-state index in [1.165, 1.54) is 23.2 Å². The van der Waals surface area contributed by atoms with Crippen LogP contribution in [-0.2, 0) is 0 Å². The molecule has 1 amide bonds. The molecule has 1 aromatic heterocycles. The van der Waals surface area contributed by atoms with E-state index in [0.29, 0.717) is 17.6 Å². The number of hydrogen-bond acceptors (Lipinski definition) is 2. The van der Waals surface area contributed by atoms with E-state index in [2.05, 4.69) is 11.6 Å². The Morgan fingerprint density at radius 3 is 2.30 bits per heavy atom. The van der Waals surface area contributed by atoms with Crippen LogP contribution < -0.4 is 0 Å². The van der Waals surface area contributed by atoms with Crippen LogP contribution in [0, 0.1) is 17.5 Å². The summed E-state index contributed by atoms with van der Waals surface area (Å²) in [5, 5.41) is 0. The van der Waals surface area contributed by atoms with Crippen molar-refractivity contribution in [2.24, 2.45) is 0 Å². The molecule has 0 saturated carbocycles. The fourth-order valence-corrected chi connectivity index (χ4v) is 2.46. The SMILES string of the molecule is C=C(CC(C)(C)N(C)C(=O)c1ccncc1F)c1ccc(F)c(F)c1.CC. The lowest BCUT2D eigenvalue weighted by Crippen LogP contribution is -2.45. The summed E-state index contributed by atoms with van der Waals surface area (Å²) in [6.07, 6.45) is 2.62. The van der Waals surface area contributed by atoms with Crippen molar-refractivity contribution in [1.29, 1.82) is 0 Å². The van der Waals surface area contributed by atoms with Crippen LogP contribution in [-0.4, -0.2) is 28.4 Å². The minimum atomic E-state index is -0.959. The quantitative estimate of drug-likeness (QED) is 0.690. The molecule has 0 saturated heterocycles. The molecule has 0 atom stereocenters. The van der Waals surface area contributed by atoms with E-state index >= 15 is 0 Å². The fraction of sp³-hybridized carbons (Fsp3) is 0.333. The van der Waals surface area contributed by atoms with Crippen molar-refractivity contribution in [3.63, 3.8) is 0 Å². The molecule has 0 unspecified atom stereocenters. The summed E-state index contributed by atoms with van der Waals surface area (Å²) >= 11 is 0. The van der Waals surface area contributed by atoms with Gasteiger partial charge in [0.05, 0.1) is 11.8 Å². The lowest BCUT2D eigenvalue weighted by atomic mass is 9.90. The number of amides is 1. The molecule has 0 bridgehead atoms. The smallest absolute Gasteiger partial charge is 0.257 e. The minimum absolute atomic E-state index is 0.0796. The number of nitrogens with zero attached hydrogens (tertiary/aromatic N) is 2. The van der Waals surface area contributed by atoms with E-state index in [4.69, 9.17) is 0 Å². The third kappa shape index (κ3) is 5.42. The third-order valence-corrected chi connectivity index (χ3v) is 4.19. The number of hydrogen-bond donors (Lipinski definition) is 0. The highest BCUT2D eigenvalue weighted by Gasteiger charge is 2.30. The Labute approximate surface area is 158 Å². The van der Waals surface area contributed by atoms with E-state index in [0.717, 1.165) is 18.3 Å². The van der Waals surface area contributed by atoms with Gasteiger partial charge in [-0.1, -0.05) is 26.5 Å². The summed E-state index contributed by atoms with van der Waals surface area (Å²) in [7, 11) is 1.56. The molecule has 0 N–H and O–H groups in total. The van der Waals surface area contributed by atoms with Crippen molar-refractivity contribution >= 4 is 11.5 Å². The number of carbonyl (C=O) groups excluding carboxylic acids is 1. The molecule has 0 spiro atoms. The van der Waals surface area contributed by atoms with Gasteiger partial charge in [-0.3, -0.25) is 9.78 Å². The van der Waals surface area contributed by atoms with E-state index in [9.17, 15) is 18.0 Å². The number of halogens is 3. The number of benzene rings is 1. The van der Waals surface area contributed by atoms with E-state index in [-0.39, 0.29) is 5.56 Å². The highest BCUT2D eigenvalue weighted by atomic mass is 19.2. The summed E-state index contributed by atoms with van der Waals surface area (Å²) in [6, 6.07) is 4.84. The normalized spacial score (nSPS) is 10.7. The number of aromatic nitrogens is 1. The molecule has 1 aromatic carbocycles. The molecule has 1 heterocycles. The second-order valence-electron chi connectivity index (χ2n) is 6.44. The molecule has 0 aliphatic carbocycles. The van der Waals surface area contributed by atoms with Crippen molar-refractivity contribution in [3.8, 4) is 0 Å². The first-order valence-corrected chi connectivity index (χ1v) is 8.64. The second kappa shape index (κ2) is 9.35. The van der Waals surface area contributed by atoms with Crippen LogP contribution >= 0.6 is 0 Å². The molecule has 0 fully saturated rings. The number of carbonyl (C=O) groups is 1. The first-order valence-electron chi connectivity index (χ1n) is 8.64. The summed E-state index contributed by atoms with van der Waals surface area (Å²) in [6.45, 7) is 11.5. The van der Waals surface area contributed by atoms with Gasteiger partial charge in [0.1, 0.15) is 0 Å². The first kappa shape index (κ1) is 22.4. The first-order chi connectivity index (χ1) is 12.6. The minimum Gasteiger partial charge on any atom is -0.336 e. The van der Waals surface area contributed by atoms with Gasteiger partial charge in [-0.2, -0.15) is 0 Å². The maximum absolute atomic E-state index is 13.8. The lowest BCUT2D eigenvalue weighted by molar-refractivity contribution is 0.0630. The largest absolute Gasteiger partial charge is 0.336 e. The fourth-order valence-electron chi connectivity index (χ4n) is 2.46. The maximum atomic E-state index is 13.8. The van der Waals surface area contributed by atoms with E-state index in [1.54, 1.807) is 20.9 Å². The molecule has 146 valence electrons. The van der Waals surface area contributed by atoms with Crippen molar-refractivity contribution in [1.82, 2.24) is 9.88 Å². The molecule has 0 aliphatic heterocycles. The number of pyridine rings is 1. The zero-order chi connectivity index (χ0) is 20.8. The molecule has 3 nitrogen and oxygen atoms in total. The van der Waals surface area contributed by atoms with Gasteiger partial charge in [-0.05, 0) is 49.6 Å². The Kier molecular flexibility index (Phi) is 7.76. The molecular weight excluding hydrogens is 353 g/mol. The predicted molar refractivity (Wildman–Crippen MR) is 102 cm³/mol. The second-order valence-corrected chi connectivity index (χ2v) is 6.44. The Balaban J connectivity index is 0.00000176. The van der Waals surface area contributed by atoms with Gasteiger partial charge in [-0.15, -0.1) is 0 Å². The van der Waals surface area contributed by atoms with Crippen LogP contribution in [0.1, 0.15) is 50.0 Å². The summed E-state index contributed by atoms with van der Waals surface area (Å²) in [5.41, 5.74) is 0.181. The average molecular weight is 378 g/mol. The monoisotopic (exact) mass is 378 g/mol. The average Bonchev–Trinajstić information content (AvgIpc) is 2.64. The molecule has 27 heavy (non-hydrogen) atoms. The Hall–Kier alpha value is -2.63. The van der Waals surface area contributed by atoms with Crippen LogP contribution in [0.15, 0.2) is 43.2 Å². The van der Waals surface area contributed by atoms with Crippen LogP contribution in [0.25, 0.3) is 5.57 Å². The van der Waals surface area contributed by atoms with Gasteiger partial charge in [0.25, 0.3) is 5.91 Å². The van der Waals surface area contributed by atoms with Crippen LogP contribution in [0.5, 0.6) is 0 Å². The van der Waals surface area contributed by atoms with Gasteiger partial charge in [0, 0.05) is 18.8 Å². The molecule has 0 radical (unpaired) electrons. The van der Waals surface area contributed by atoms with Crippen molar-refractivity contribution in [2.75, 3.05) is 7.05 Å². The van der Waals surface area contributed by atoms with Crippen LogP contribution in [0.3, 0.4) is 0 Å². The molecular formula is C21H25F3N2O. The number of rotatable bonds is 5. The standard InChI is InChI=1S/C19H19F3N2O.C2H6/c1-12(13-5-6-15(20)16(21)9-13)10-19(2,3)24(4)18(25)14-7-8-23-11-17(14)22;1-2/h5-9,11H,1,10H2,2-4H3;1-2H3. The van der Waals surface area contributed by atoms with Crippen molar-refractivity contribution in [3.05, 3.63) is 71.8 Å². The van der Waals surface area contributed by atoms with Crippen molar-refractivity contribution < 1.29 is 18.0 Å². The van der Waals surface area contributed by atoms with E-state index in [1.807, 2.05) is 13.8 Å². The third-order valence-electron chi connectivity index (χ3n) is 4.19. The highest BCUT2D eigenvalue weighted by molar-refractivity contribution is 5.94. The van der Waals surface area contributed by atoms with Gasteiger partial charge >= 0.3 is 0 Å². The Morgan fingerprint density at radius 2 is 1.74 bits per heavy atom. The van der Waals surface area contributed by atoms with Gasteiger partial charge < -0.3 is 4.90 Å². The Morgan fingerprint density at radius 1 is 1.11 bits per heavy atom. The van der Waals surface area contributed by atoms with Gasteiger partial charge in [0.2, 0.25) is 0 Å². The topological polar surface area (TPSA) is 33.2 Å². The maximum Gasteiger partial charge on any atom is 0.257 e. The zero-order valence-corrected chi connectivity index (χ0v) is 16.3. The molecule has 6 heteroatoms. The zero-order valence-electron chi connectivity index (χ0n) is 16.3. The molecule has 2 rings (SSSR count). The van der Waals surface area contributed by atoms with Crippen LogP contribution in [0.4, 0.5) is 13.2 Å². The van der Waals surface area contributed by atoms with Crippen LogP contribution in [0.2, 0.25) is 0 Å².